The molecule has 0 atom stereocenters. The zero-order valence-corrected chi connectivity index (χ0v) is 19.8. The largest absolute Gasteiger partial charge is 0.471 e. The molecule has 0 saturated heterocycles. The number of nitrogens with one attached hydrogen (secondary N) is 1. The topological polar surface area (TPSA) is 74.0 Å². The maximum Gasteiger partial charge on any atom is 0.277 e. The lowest BCUT2D eigenvalue weighted by Crippen LogP contribution is -2.15. The van der Waals surface area contributed by atoms with E-state index in [1.165, 1.54) is 21.9 Å². The minimum absolute atomic E-state index is 0.216. The molecule has 0 unspecified atom stereocenters. The Kier molecular flexibility index (Phi) is 6.30. The third-order valence-electron chi connectivity index (χ3n) is 5.88. The van der Waals surface area contributed by atoms with Crippen LogP contribution >= 0.6 is 0 Å². The van der Waals surface area contributed by atoms with Crippen LogP contribution in [0.15, 0.2) is 91.3 Å². The Labute approximate surface area is 204 Å². The van der Waals surface area contributed by atoms with Crippen molar-refractivity contribution >= 4 is 22.5 Å². The number of nitrogens with zero attached hydrogens (tertiary/aromatic N) is 4. The van der Waals surface area contributed by atoms with Gasteiger partial charge in [-0.15, -0.1) is 0 Å². The van der Waals surface area contributed by atoms with E-state index in [1.54, 1.807) is 23.0 Å². The van der Waals surface area contributed by atoms with Crippen molar-refractivity contribution in [2.24, 2.45) is 0 Å². The number of hydrogen-bond donors (Lipinski definition) is 1. The zero-order valence-electron chi connectivity index (χ0n) is 19.8. The van der Waals surface area contributed by atoms with E-state index in [2.05, 4.69) is 65.8 Å². The highest BCUT2D eigenvalue weighted by molar-refractivity contribution is 6.02. The summed E-state index contributed by atoms with van der Waals surface area (Å²) in [7, 11) is 0. The van der Waals surface area contributed by atoms with Crippen molar-refractivity contribution in [2.75, 3.05) is 5.32 Å². The molecule has 1 N–H and O–H groups in total. The molecule has 176 valence electrons. The van der Waals surface area contributed by atoms with Gasteiger partial charge in [-0.25, -0.2) is 4.68 Å². The lowest BCUT2D eigenvalue weighted by atomic mass is 10.0. The van der Waals surface area contributed by atoms with Crippen LogP contribution in [0.25, 0.3) is 10.8 Å². The molecule has 1 amide bonds. The Morgan fingerprint density at radius 1 is 0.886 bits per heavy atom. The Hall–Kier alpha value is -4.39. The van der Waals surface area contributed by atoms with Crippen molar-refractivity contribution in [3.63, 3.8) is 0 Å². The van der Waals surface area contributed by atoms with Gasteiger partial charge in [0.1, 0.15) is 5.75 Å². The first-order valence-electron chi connectivity index (χ1n) is 11.6. The first-order valence-corrected chi connectivity index (χ1v) is 11.6. The summed E-state index contributed by atoms with van der Waals surface area (Å²) in [5.74, 6) is 1.39. The fourth-order valence-corrected chi connectivity index (χ4v) is 3.95. The first-order chi connectivity index (χ1) is 17.0. The number of fused-ring (bicyclic) bond motifs is 1. The summed E-state index contributed by atoms with van der Waals surface area (Å²) >= 11 is 0. The summed E-state index contributed by atoms with van der Waals surface area (Å²) in [6, 6.07) is 26.0. The number of rotatable bonds is 8. The van der Waals surface area contributed by atoms with Gasteiger partial charge in [0, 0.05) is 18.5 Å². The highest BCUT2D eigenvalue weighted by Gasteiger charge is 2.12. The molecule has 0 spiro atoms. The lowest BCUT2D eigenvalue weighted by Gasteiger charge is -2.09. The molecular formula is C28H27N5O2. The van der Waals surface area contributed by atoms with Crippen molar-refractivity contribution in [1.82, 2.24) is 19.6 Å². The Morgan fingerprint density at radius 3 is 2.49 bits per heavy atom. The van der Waals surface area contributed by atoms with E-state index in [0.29, 0.717) is 24.0 Å². The third kappa shape index (κ3) is 5.24. The molecule has 0 bridgehead atoms. The van der Waals surface area contributed by atoms with Crippen LogP contribution in [0.2, 0.25) is 0 Å². The lowest BCUT2D eigenvalue weighted by molar-refractivity contribution is 0.101. The van der Waals surface area contributed by atoms with Crippen LogP contribution in [0.5, 0.6) is 5.75 Å². The fraction of sp³-hybridized carbons (Fsp3) is 0.179. The van der Waals surface area contributed by atoms with Crippen molar-refractivity contribution < 1.29 is 9.53 Å². The molecule has 0 aliphatic carbocycles. The molecule has 0 aliphatic rings. The van der Waals surface area contributed by atoms with Gasteiger partial charge in [-0.2, -0.15) is 10.2 Å². The summed E-state index contributed by atoms with van der Waals surface area (Å²) in [5, 5.41) is 14.0. The van der Waals surface area contributed by atoms with E-state index in [4.69, 9.17) is 4.74 Å². The second-order valence-electron chi connectivity index (χ2n) is 8.73. The van der Waals surface area contributed by atoms with E-state index >= 15 is 0 Å². The highest BCUT2D eigenvalue weighted by atomic mass is 16.5. The number of ether oxygens (including phenoxy) is 1. The number of anilines is 1. The molecule has 3 aromatic carbocycles. The SMILES string of the molecule is CC(C)c1ccc(OCn2ccc(C(=O)Nc3ccn(Cc4cccc5ccccc45)n3)n2)cc1. The Morgan fingerprint density at radius 2 is 1.66 bits per heavy atom. The quantitative estimate of drug-likeness (QED) is 0.319. The summed E-state index contributed by atoms with van der Waals surface area (Å²) in [6.45, 7) is 5.14. The van der Waals surface area contributed by atoms with Crippen molar-refractivity contribution in [3.05, 3.63) is 108 Å². The van der Waals surface area contributed by atoms with Crippen LogP contribution in [-0.4, -0.2) is 25.5 Å². The van der Waals surface area contributed by atoms with Crippen LogP contribution in [0.4, 0.5) is 5.82 Å². The van der Waals surface area contributed by atoms with E-state index in [0.717, 1.165) is 5.75 Å². The number of hydrogen-bond acceptors (Lipinski definition) is 4. The average Bonchev–Trinajstić information content (AvgIpc) is 3.53. The van der Waals surface area contributed by atoms with Crippen LogP contribution in [-0.2, 0) is 13.3 Å². The molecule has 7 heteroatoms. The monoisotopic (exact) mass is 465 g/mol. The van der Waals surface area contributed by atoms with Gasteiger partial charge in [0.2, 0.25) is 0 Å². The molecule has 0 aliphatic heterocycles. The van der Waals surface area contributed by atoms with E-state index in [1.807, 2.05) is 41.2 Å². The second kappa shape index (κ2) is 9.85. The first kappa shape index (κ1) is 22.4. The summed E-state index contributed by atoms with van der Waals surface area (Å²) in [4.78, 5) is 12.7. The molecule has 2 heterocycles. The molecule has 5 rings (SSSR count). The third-order valence-corrected chi connectivity index (χ3v) is 5.88. The van der Waals surface area contributed by atoms with Crippen LogP contribution < -0.4 is 10.1 Å². The van der Waals surface area contributed by atoms with Crippen LogP contribution in [0.3, 0.4) is 0 Å². The summed E-state index contributed by atoms with van der Waals surface area (Å²) in [5.41, 5.74) is 2.73. The number of aromatic nitrogens is 4. The van der Waals surface area contributed by atoms with Gasteiger partial charge in [-0.3, -0.25) is 9.48 Å². The van der Waals surface area contributed by atoms with Gasteiger partial charge in [-0.05, 0) is 46.0 Å². The van der Waals surface area contributed by atoms with Gasteiger partial charge in [0.25, 0.3) is 5.91 Å². The highest BCUT2D eigenvalue weighted by Crippen LogP contribution is 2.20. The number of benzene rings is 3. The maximum atomic E-state index is 12.7. The maximum absolute atomic E-state index is 12.7. The predicted molar refractivity (Wildman–Crippen MR) is 137 cm³/mol. The van der Waals surface area contributed by atoms with Gasteiger partial charge < -0.3 is 10.1 Å². The fourth-order valence-electron chi connectivity index (χ4n) is 3.95. The van der Waals surface area contributed by atoms with E-state index in [9.17, 15) is 4.79 Å². The van der Waals surface area contributed by atoms with E-state index < -0.39 is 0 Å². The average molecular weight is 466 g/mol. The van der Waals surface area contributed by atoms with Gasteiger partial charge in [-0.1, -0.05) is 68.4 Å². The molecule has 5 aromatic rings. The minimum atomic E-state index is -0.319. The van der Waals surface area contributed by atoms with Gasteiger partial charge in [0.05, 0.1) is 6.54 Å². The summed E-state index contributed by atoms with van der Waals surface area (Å²) < 4.78 is 9.18. The zero-order chi connectivity index (χ0) is 24.2. The van der Waals surface area contributed by atoms with Crippen LogP contribution in [0, 0.1) is 0 Å². The number of amides is 1. The molecule has 0 radical (unpaired) electrons. The second-order valence-corrected chi connectivity index (χ2v) is 8.73. The molecule has 35 heavy (non-hydrogen) atoms. The smallest absolute Gasteiger partial charge is 0.277 e. The molecule has 0 fully saturated rings. The molecule has 0 saturated carbocycles. The normalized spacial score (nSPS) is 11.2. The van der Waals surface area contributed by atoms with Gasteiger partial charge >= 0.3 is 0 Å². The number of carbonyl (C=O) groups is 1. The molecular weight excluding hydrogens is 438 g/mol. The van der Waals surface area contributed by atoms with Crippen molar-refractivity contribution in [2.45, 2.75) is 33.0 Å². The molecule has 2 aromatic heterocycles. The predicted octanol–water partition coefficient (Wildman–Crippen LogP) is 5.69. The molecule has 7 nitrogen and oxygen atoms in total. The van der Waals surface area contributed by atoms with Crippen molar-refractivity contribution in [3.8, 4) is 5.75 Å². The summed E-state index contributed by atoms with van der Waals surface area (Å²) in [6.07, 6.45) is 3.57. The van der Waals surface area contributed by atoms with E-state index in [-0.39, 0.29) is 12.6 Å². The van der Waals surface area contributed by atoms with Crippen LogP contribution in [0.1, 0.15) is 41.4 Å². The minimum Gasteiger partial charge on any atom is -0.471 e. The Bertz CT molecular complexity index is 1440. The van der Waals surface area contributed by atoms with Crippen molar-refractivity contribution in [1.29, 1.82) is 0 Å². The Balaban J connectivity index is 1.18. The standard InChI is InChI=1S/C28H27N5O2/c1-20(2)21-10-12-24(13-11-21)35-19-33-16-14-26(30-33)28(34)29-27-15-17-32(31-27)18-23-8-5-7-22-6-3-4-9-25(22)23/h3-17,20H,18-19H2,1-2H3,(H,29,31,34). The van der Waals surface area contributed by atoms with Gasteiger partial charge in [0.15, 0.2) is 18.2 Å². The number of carbonyl (C=O) groups excluding carboxylic acids is 1.